The SMILES string of the molecule is COc1ccc(O)c(C(O)C(O)CCO)c1. The van der Waals surface area contributed by atoms with E-state index in [0.29, 0.717) is 5.75 Å². The average Bonchev–Trinajstić information content (AvgIpc) is 2.29. The number of phenolic OH excluding ortho intramolecular Hbond substituents is 1. The Hall–Kier alpha value is -1.30. The van der Waals surface area contributed by atoms with E-state index in [1.807, 2.05) is 0 Å². The molecule has 1 aromatic carbocycles. The second-order valence-corrected chi connectivity index (χ2v) is 3.45. The fourth-order valence-corrected chi connectivity index (χ4v) is 1.39. The molecule has 0 saturated carbocycles. The molecule has 0 bridgehead atoms. The maximum Gasteiger partial charge on any atom is 0.121 e. The lowest BCUT2D eigenvalue weighted by atomic mass is 10.0. The number of aromatic hydroxyl groups is 1. The number of benzene rings is 1. The van der Waals surface area contributed by atoms with Crippen molar-refractivity contribution in [3.63, 3.8) is 0 Å². The molecule has 1 rings (SSSR count). The van der Waals surface area contributed by atoms with Crippen LogP contribution < -0.4 is 4.74 Å². The fourth-order valence-electron chi connectivity index (χ4n) is 1.39. The summed E-state index contributed by atoms with van der Waals surface area (Å²) in [5.41, 5.74) is 0.181. The minimum atomic E-state index is -1.25. The zero-order chi connectivity index (χ0) is 12.1. The van der Waals surface area contributed by atoms with Gasteiger partial charge in [0.15, 0.2) is 0 Å². The summed E-state index contributed by atoms with van der Waals surface area (Å²) >= 11 is 0. The van der Waals surface area contributed by atoms with Crippen LogP contribution in [0.15, 0.2) is 18.2 Å². The number of phenols is 1. The van der Waals surface area contributed by atoms with Crippen molar-refractivity contribution in [1.82, 2.24) is 0 Å². The number of aliphatic hydroxyl groups excluding tert-OH is 3. The van der Waals surface area contributed by atoms with Gasteiger partial charge in [-0.05, 0) is 24.6 Å². The van der Waals surface area contributed by atoms with Crippen LogP contribution in [0, 0.1) is 0 Å². The zero-order valence-electron chi connectivity index (χ0n) is 9.00. The van der Waals surface area contributed by atoms with Crippen LogP contribution in [0.3, 0.4) is 0 Å². The summed E-state index contributed by atoms with van der Waals surface area (Å²) < 4.78 is 4.95. The molecule has 0 saturated heterocycles. The number of aliphatic hydroxyl groups is 3. The van der Waals surface area contributed by atoms with Crippen LogP contribution in [0.25, 0.3) is 0 Å². The monoisotopic (exact) mass is 228 g/mol. The van der Waals surface area contributed by atoms with Gasteiger partial charge in [0, 0.05) is 12.2 Å². The van der Waals surface area contributed by atoms with Crippen molar-refractivity contribution < 1.29 is 25.2 Å². The minimum Gasteiger partial charge on any atom is -0.508 e. The Morgan fingerprint density at radius 1 is 1.31 bits per heavy atom. The van der Waals surface area contributed by atoms with Gasteiger partial charge in [-0.15, -0.1) is 0 Å². The van der Waals surface area contributed by atoms with E-state index < -0.39 is 12.2 Å². The molecule has 1 aromatic rings. The van der Waals surface area contributed by atoms with Crippen molar-refractivity contribution in [1.29, 1.82) is 0 Å². The average molecular weight is 228 g/mol. The highest BCUT2D eigenvalue weighted by molar-refractivity contribution is 5.41. The van der Waals surface area contributed by atoms with Crippen molar-refractivity contribution in [2.45, 2.75) is 18.6 Å². The maximum atomic E-state index is 9.74. The molecular formula is C11H16O5. The number of hydrogen-bond donors (Lipinski definition) is 4. The largest absolute Gasteiger partial charge is 0.508 e. The van der Waals surface area contributed by atoms with Gasteiger partial charge in [-0.1, -0.05) is 0 Å². The molecule has 5 nitrogen and oxygen atoms in total. The fraction of sp³-hybridized carbons (Fsp3) is 0.455. The van der Waals surface area contributed by atoms with Crippen LogP contribution in [-0.4, -0.2) is 40.2 Å². The van der Waals surface area contributed by atoms with E-state index >= 15 is 0 Å². The van der Waals surface area contributed by atoms with Gasteiger partial charge in [0.25, 0.3) is 0 Å². The summed E-state index contributed by atoms with van der Waals surface area (Å²) in [7, 11) is 1.46. The predicted octanol–water partition coefficient (Wildman–Crippen LogP) is 0.177. The molecular weight excluding hydrogens is 212 g/mol. The molecule has 5 heteroatoms. The number of rotatable bonds is 5. The van der Waals surface area contributed by atoms with Gasteiger partial charge in [0.2, 0.25) is 0 Å². The van der Waals surface area contributed by atoms with Crippen molar-refractivity contribution >= 4 is 0 Å². The van der Waals surface area contributed by atoms with Gasteiger partial charge in [-0.25, -0.2) is 0 Å². The topological polar surface area (TPSA) is 90.2 Å². The first-order valence-corrected chi connectivity index (χ1v) is 4.94. The molecule has 4 N–H and O–H groups in total. The normalized spacial score (nSPS) is 14.5. The van der Waals surface area contributed by atoms with E-state index in [4.69, 9.17) is 9.84 Å². The Labute approximate surface area is 93.5 Å². The van der Waals surface area contributed by atoms with Gasteiger partial charge in [0.05, 0.1) is 13.2 Å². The predicted molar refractivity (Wildman–Crippen MR) is 57.3 cm³/mol. The zero-order valence-corrected chi connectivity index (χ0v) is 9.00. The molecule has 0 aromatic heterocycles. The lowest BCUT2D eigenvalue weighted by Crippen LogP contribution is -2.19. The third-order valence-electron chi connectivity index (χ3n) is 2.34. The summed E-state index contributed by atoms with van der Waals surface area (Å²) in [5.74, 6) is 0.355. The van der Waals surface area contributed by atoms with Crippen molar-refractivity contribution in [2.75, 3.05) is 13.7 Å². The Balaban J connectivity index is 2.92. The molecule has 90 valence electrons. The molecule has 0 fully saturated rings. The number of ether oxygens (including phenoxy) is 1. The van der Waals surface area contributed by atoms with E-state index in [2.05, 4.69) is 0 Å². The van der Waals surface area contributed by atoms with Gasteiger partial charge in [-0.3, -0.25) is 0 Å². The molecule has 0 radical (unpaired) electrons. The van der Waals surface area contributed by atoms with Crippen LogP contribution in [0.1, 0.15) is 18.1 Å². The van der Waals surface area contributed by atoms with Crippen LogP contribution in [0.4, 0.5) is 0 Å². The Bertz CT molecular complexity index is 339. The number of methoxy groups -OCH3 is 1. The summed E-state index contributed by atoms with van der Waals surface area (Å²) in [5, 5.41) is 37.4. The van der Waals surface area contributed by atoms with Crippen LogP contribution >= 0.6 is 0 Å². The van der Waals surface area contributed by atoms with E-state index in [9.17, 15) is 15.3 Å². The second-order valence-electron chi connectivity index (χ2n) is 3.45. The number of hydrogen-bond acceptors (Lipinski definition) is 5. The molecule has 2 unspecified atom stereocenters. The van der Waals surface area contributed by atoms with Gasteiger partial charge in [0.1, 0.15) is 17.6 Å². The highest BCUT2D eigenvalue weighted by atomic mass is 16.5. The van der Waals surface area contributed by atoms with Crippen LogP contribution in [0.5, 0.6) is 11.5 Å². The summed E-state index contributed by atoms with van der Waals surface area (Å²) in [6.45, 7) is -0.233. The quantitative estimate of drug-likeness (QED) is 0.577. The lowest BCUT2D eigenvalue weighted by molar-refractivity contribution is 0.00296. The molecule has 0 aliphatic carbocycles. The molecule has 0 aliphatic heterocycles. The van der Waals surface area contributed by atoms with Crippen LogP contribution in [-0.2, 0) is 0 Å². The first-order valence-electron chi connectivity index (χ1n) is 4.94. The summed E-state index contributed by atoms with van der Waals surface area (Å²) in [4.78, 5) is 0. The highest BCUT2D eigenvalue weighted by Gasteiger charge is 2.21. The standard InChI is InChI=1S/C11H16O5/c1-16-7-2-3-9(13)8(6-7)11(15)10(14)4-5-12/h2-3,6,10-15H,4-5H2,1H3. The van der Waals surface area contributed by atoms with Crippen LogP contribution in [0.2, 0.25) is 0 Å². The van der Waals surface area contributed by atoms with E-state index in [1.165, 1.54) is 19.2 Å². The van der Waals surface area contributed by atoms with Gasteiger partial charge >= 0.3 is 0 Å². The Morgan fingerprint density at radius 2 is 2.00 bits per heavy atom. The third kappa shape index (κ3) is 2.85. The van der Waals surface area contributed by atoms with Crippen molar-refractivity contribution in [2.24, 2.45) is 0 Å². The van der Waals surface area contributed by atoms with Crippen molar-refractivity contribution in [3.05, 3.63) is 23.8 Å². The van der Waals surface area contributed by atoms with E-state index in [-0.39, 0.29) is 24.3 Å². The van der Waals surface area contributed by atoms with E-state index in [0.717, 1.165) is 0 Å². The van der Waals surface area contributed by atoms with Gasteiger partial charge in [-0.2, -0.15) is 0 Å². The highest BCUT2D eigenvalue weighted by Crippen LogP contribution is 2.30. The second kappa shape index (κ2) is 5.69. The summed E-state index contributed by atoms with van der Waals surface area (Å²) in [6.07, 6.45) is -2.33. The first-order chi connectivity index (χ1) is 7.60. The molecule has 0 heterocycles. The maximum absolute atomic E-state index is 9.74. The third-order valence-corrected chi connectivity index (χ3v) is 2.34. The minimum absolute atomic E-state index is 0.0395. The molecule has 0 spiro atoms. The molecule has 16 heavy (non-hydrogen) atoms. The smallest absolute Gasteiger partial charge is 0.121 e. The summed E-state index contributed by atoms with van der Waals surface area (Å²) in [6, 6.07) is 4.37. The lowest BCUT2D eigenvalue weighted by Gasteiger charge is -2.18. The van der Waals surface area contributed by atoms with E-state index in [1.54, 1.807) is 6.07 Å². The Morgan fingerprint density at radius 3 is 2.56 bits per heavy atom. The Kier molecular flexibility index (Phi) is 4.54. The molecule has 2 atom stereocenters. The van der Waals surface area contributed by atoms with Crippen molar-refractivity contribution in [3.8, 4) is 11.5 Å². The van der Waals surface area contributed by atoms with Gasteiger partial charge < -0.3 is 25.2 Å². The molecule has 0 aliphatic rings. The molecule has 0 amide bonds. The first kappa shape index (κ1) is 12.8.